The summed E-state index contributed by atoms with van der Waals surface area (Å²) in [4.78, 5) is 18.8. The van der Waals surface area contributed by atoms with E-state index in [1.165, 1.54) is 11.3 Å². The molecule has 5 rings (SSSR count). The Morgan fingerprint density at radius 2 is 1.90 bits per heavy atom. The Bertz CT molecular complexity index is 1720. The lowest BCUT2D eigenvalue weighted by atomic mass is 9.74. The Kier molecular flexibility index (Phi) is 7.82. The van der Waals surface area contributed by atoms with E-state index in [1.54, 1.807) is 30.3 Å². The molecule has 0 saturated heterocycles. The Hall–Kier alpha value is -3.15. The highest BCUT2D eigenvalue weighted by Gasteiger charge is 2.42. The highest BCUT2D eigenvalue weighted by atomic mass is 32.2. The minimum absolute atomic E-state index is 0.137. The smallest absolute Gasteiger partial charge is 0.310 e. The molecule has 1 N–H and O–H groups in total. The molecule has 1 aliphatic heterocycles. The van der Waals surface area contributed by atoms with Gasteiger partial charge in [-0.2, -0.15) is 4.31 Å². The quantitative estimate of drug-likeness (QED) is 0.284. The van der Waals surface area contributed by atoms with Gasteiger partial charge in [-0.3, -0.25) is 4.79 Å². The molecule has 0 radical (unpaired) electrons. The van der Waals surface area contributed by atoms with Crippen LogP contribution in [0.1, 0.15) is 72.3 Å². The van der Waals surface area contributed by atoms with Crippen molar-refractivity contribution in [2.45, 2.75) is 78.3 Å². The number of hydrogen-bond acceptors (Lipinski definition) is 7. The lowest BCUT2D eigenvalue weighted by Crippen LogP contribution is -2.34. The summed E-state index contributed by atoms with van der Waals surface area (Å²) < 4.78 is 31.0. The minimum atomic E-state index is -3.73. The van der Waals surface area contributed by atoms with Crippen LogP contribution in [0.2, 0.25) is 0 Å². The standard InChI is InChI=1S/C30H37N5O4S2/c1-7-20-15-21-11-9-10-12-25(21)41(38,39)34(16-20)17-23-19(4)40-28(31-23)26(30(5,6)29(36)37)22-13-14-24-27(18(22)3)32-33-35(24)8-2/h9-14,20,26H,7-8,15-17H2,1-6H3,(H,36,37)/t20-,26?/m0/s1. The van der Waals surface area contributed by atoms with Crippen LogP contribution in [-0.4, -0.2) is 50.3 Å². The van der Waals surface area contributed by atoms with E-state index in [0.717, 1.165) is 39.0 Å². The van der Waals surface area contributed by atoms with Crippen LogP contribution in [0.5, 0.6) is 0 Å². The maximum Gasteiger partial charge on any atom is 0.310 e. The molecule has 0 spiro atoms. The van der Waals surface area contributed by atoms with Crippen LogP contribution in [-0.2, 0) is 34.3 Å². The molecule has 0 bridgehead atoms. The first-order valence-corrected chi connectivity index (χ1v) is 16.3. The number of carbonyl (C=O) groups is 1. The summed E-state index contributed by atoms with van der Waals surface area (Å²) in [5.74, 6) is -1.32. The fraction of sp³-hybridized carbons (Fsp3) is 0.467. The minimum Gasteiger partial charge on any atom is -0.481 e. The predicted octanol–water partition coefficient (Wildman–Crippen LogP) is 5.54. The van der Waals surface area contributed by atoms with Gasteiger partial charge < -0.3 is 5.11 Å². The van der Waals surface area contributed by atoms with E-state index in [-0.39, 0.29) is 12.5 Å². The van der Waals surface area contributed by atoms with Gasteiger partial charge in [-0.1, -0.05) is 42.8 Å². The topological polar surface area (TPSA) is 118 Å². The molecule has 3 heterocycles. The summed E-state index contributed by atoms with van der Waals surface area (Å²) in [6.07, 6.45) is 1.57. The predicted molar refractivity (Wildman–Crippen MR) is 160 cm³/mol. The van der Waals surface area contributed by atoms with Crippen LogP contribution in [0, 0.1) is 25.2 Å². The summed E-state index contributed by atoms with van der Waals surface area (Å²) in [6, 6.07) is 11.2. The number of thiazole rings is 1. The molecule has 0 fully saturated rings. The van der Waals surface area contributed by atoms with Crippen molar-refractivity contribution in [1.29, 1.82) is 0 Å². The maximum absolute atomic E-state index is 13.8. The van der Waals surface area contributed by atoms with Gasteiger partial charge in [0.1, 0.15) is 10.5 Å². The lowest BCUT2D eigenvalue weighted by molar-refractivity contribution is -0.147. The highest BCUT2D eigenvalue weighted by Crippen LogP contribution is 2.45. The van der Waals surface area contributed by atoms with E-state index < -0.39 is 27.3 Å². The van der Waals surface area contributed by atoms with Gasteiger partial charge >= 0.3 is 5.97 Å². The van der Waals surface area contributed by atoms with E-state index >= 15 is 0 Å². The van der Waals surface area contributed by atoms with Crippen molar-refractivity contribution < 1.29 is 18.3 Å². The molecule has 4 aromatic rings. The summed E-state index contributed by atoms with van der Waals surface area (Å²) in [6.45, 7) is 12.6. The first-order chi connectivity index (χ1) is 19.4. The largest absolute Gasteiger partial charge is 0.481 e. The molecule has 41 heavy (non-hydrogen) atoms. The molecular formula is C30H37N5O4S2. The van der Waals surface area contributed by atoms with Crippen molar-refractivity contribution in [3.63, 3.8) is 0 Å². The molecule has 11 heteroatoms. The van der Waals surface area contributed by atoms with Crippen LogP contribution in [0.25, 0.3) is 11.0 Å². The zero-order valence-corrected chi connectivity index (χ0v) is 26.0. The van der Waals surface area contributed by atoms with E-state index in [0.29, 0.717) is 35.1 Å². The van der Waals surface area contributed by atoms with E-state index in [1.807, 2.05) is 49.7 Å². The zero-order valence-electron chi connectivity index (χ0n) is 24.4. The molecule has 2 aromatic carbocycles. The first-order valence-electron chi connectivity index (χ1n) is 14.0. The van der Waals surface area contributed by atoms with E-state index in [9.17, 15) is 18.3 Å². The number of sulfonamides is 1. The number of fused-ring (bicyclic) bond motifs is 2. The summed E-state index contributed by atoms with van der Waals surface area (Å²) in [7, 11) is -3.73. The molecular weight excluding hydrogens is 558 g/mol. The van der Waals surface area contributed by atoms with Crippen molar-refractivity contribution in [2.75, 3.05) is 6.54 Å². The zero-order chi connectivity index (χ0) is 29.7. The fourth-order valence-electron chi connectivity index (χ4n) is 5.82. The number of carboxylic acid groups (broad SMARTS) is 1. The van der Waals surface area contributed by atoms with Crippen molar-refractivity contribution in [3.8, 4) is 0 Å². The molecule has 1 unspecified atom stereocenters. The van der Waals surface area contributed by atoms with Gasteiger partial charge in [0, 0.05) is 18.0 Å². The van der Waals surface area contributed by atoms with E-state index in [4.69, 9.17) is 4.98 Å². The number of nitrogens with zero attached hydrogens (tertiary/aromatic N) is 5. The van der Waals surface area contributed by atoms with Crippen molar-refractivity contribution in [1.82, 2.24) is 24.3 Å². The number of rotatable bonds is 8. The monoisotopic (exact) mass is 595 g/mol. The number of aryl methyl sites for hydroxylation is 3. The number of hydrogen-bond donors (Lipinski definition) is 1. The fourth-order valence-corrected chi connectivity index (χ4v) is 8.77. The van der Waals surface area contributed by atoms with Crippen molar-refractivity contribution in [2.24, 2.45) is 11.3 Å². The normalized spacial score (nSPS) is 18.2. The van der Waals surface area contributed by atoms with Gasteiger partial charge in [0.05, 0.1) is 34.0 Å². The molecule has 2 atom stereocenters. The van der Waals surface area contributed by atoms with Crippen molar-refractivity contribution >= 4 is 38.4 Å². The average Bonchev–Trinajstić information content (AvgIpc) is 3.49. The molecule has 2 aromatic heterocycles. The highest BCUT2D eigenvalue weighted by molar-refractivity contribution is 7.89. The SMILES string of the molecule is CC[C@H]1Cc2ccccc2S(=O)(=O)N(Cc2nc(C(c3ccc4c(nnn4CC)c3C)C(C)(C)C(=O)O)sc2C)C1. The Labute approximate surface area is 245 Å². The average molecular weight is 596 g/mol. The Morgan fingerprint density at radius 3 is 2.59 bits per heavy atom. The number of aromatic nitrogens is 4. The molecule has 218 valence electrons. The summed E-state index contributed by atoms with van der Waals surface area (Å²) in [5.41, 5.74) is 3.65. The van der Waals surface area contributed by atoms with Crippen LogP contribution in [0.15, 0.2) is 41.3 Å². The van der Waals surface area contributed by atoms with Crippen molar-refractivity contribution in [3.05, 3.63) is 68.7 Å². The number of aliphatic carboxylic acids is 1. The molecule has 0 amide bonds. The van der Waals surface area contributed by atoms with Gasteiger partial charge in [0.25, 0.3) is 0 Å². The molecule has 1 aliphatic rings. The van der Waals surface area contributed by atoms with Crippen LogP contribution in [0.3, 0.4) is 0 Å². The van der Waals surface area contributed by atoms with Gasteiger partial charge in [-0.15, -0.1) is 16.4 Å². The Balaban J connectivity index is 1.59. The molecule has 0 saturated carbocycles. The number of benzene rings is 2. The second kappa shape index (κ2) is 10.9. The molecule has 0 aliphatic carbocycles. The molecule has 9 nitrogen and oxygen atoms in total. The van der Waals surface area contributed by atoms with Crippen LogP contribution in [0.4, 0.5) is 0 Å². The lowest BCUT2D eigenvalue weighted by Gasteiger charge is -2.30. The second-order valence-electron chi connectivity index (χ2n) is 11.5. The Morgan fingerprint density at radius 1 is 1.17 bits per heavy atom. The number of carboxylic acids is 1. The maximum atomic E-state index is 13.8. The van der Waals surface area contributed by atoms with Crippen LogP contribution >= 0.6 is 11.3 Å². The van der Waals surface area contributed by atoms with Gasteiger partial charge in [0.15, 0.2) is 0 Å². The van der Waals surface area contributed by atoms with Crippen LogP contribution < -0.4 is 0 Å². The van der Waals surface area contributed by atoms with Gasteiger partial charge in [-0.25, -0.2) is 18.1 Å². The third kappa shape index (κ3) is 5.08. The summed E-state index contributed by atoms with van der Waals surface area (Å²) in [5, 5.41) is 19.6. The second-order valence-corrected chi connectivity index (χ2v) is 14.6. The van der Waals surface area contributed by atoms with Gasteiger partial charge in [0.2, 0.25) is 10.0 Å². The van der Waals surface area contributed by atoms with E-state index in [2.05, 4.69) is 17.2 Å². The van der Waals surface area contributed by atoms with Gasteiger partial charge in [-0.05, 0) is 75.8 Å². The third-order valence-electron chi connectivity index (χ3n) is 8.49. The first kappa shape index (κ1) is 29.3. The third-order valence-corrected chi connectivity index (χ3v) is 11.5. The summed E-state index contributed by atoms with van der Waals surface area (Å²) >= 11 is 1.43.